The van der Waals surface area contributed by atoms with Gasteiger partial charge < -0.3 is 10.1 Å². The molecule has 2 atom stereocenters. The Bertz CT molecular complexity index is 485. The van der Waals surface area contributed by atoms with E-state index in [0.717, 1.165) is 18.7 Å². The van der Waals surface area contributed by atoms with Crippen LogP contribution in [0.4, 0.5) is 5.69 Å². The normalized spacial score (nSPS) is 27.6. The van der Waals surface area contributed by atoms with Gasteiger partial charge in [-0.1, -0.05) is 36.0 Å². The van der Waals surface area contributed by atoms with Crippen molar-refractivity contribution in [3.8, 4) is 0 Å². The van der Waals surface area contributed by atoms with E-state index in [1.165, 1.54) is 25.7 Å². The van der Waals surface area contributed by atoms with E-state index in [9.17, 15) is 0 Å². The minimum Gasteiger partial charge on any atom is -0.382 e. The van der Waals surface area contributed by atoms with Crippen LogP contribution < -0.4 is 5.32 Å². The summed E-state index contributed by atoms with van der Waals surface area (Å²) in [5, 5.41) is 4.86. The third-order valence-corrected chi connectivity index (χ3v) is 5.69. The second kappa shape index (κ2) is 5.75. The van der Waals surface area contributed by atoms with E-state index in [-0.39, 0.29) is 0 Å². The van der Waals surface area contributed by atoms with Gasteiger partial charge in [0.1, 0.15) is 0 Å². The zero-order valence-corrected chi connectivity index (χ0v) is 13.3. The summed E-state index contributed by atoms with van der Waals surface area (Å²) in [5.74, 6) is 0. The molecule has 2 saturated carbocycles. The zero-order valence-electron chi connectivity index (χ0n) is 11.8. The molecular formula is C16H21Cl2NO. The van der Waals surface area contributed by atoms with Gasteiger partial charge in [-0.15, -0.1) is 0 Å². The summed E-state index contributed by atoms with van der Waals surface area (Å²) in [4.78, 5) is 0. The number of hydrogen-bond acceptors (Lipinski definition) is 2. The molecule has 1 N–H and O–H groups in total. The number of anilines is 1. The van der Waals surface area contributed by atoms with Crippen molar-refractivity contribution >= 4 is 28.9 Å². The minimum absolute atomic E-state index is 0.335. The fraction of sp³-hybridized carbons (Fsp3) is 0.625. The molecule has 0 amide bonds. The summed E-state index contributed by atoms with van der Waals surface area (Å²) in [6.45, 7) is 2.90. The van der Waals surface area contributed by atoms with Crippen molar-refractivity contribution in [3.63, 3.8) is 0 Å². The molecule has 2 aliphatic carbocycles. The van der Waals surface area contributed by atoms with Gasteiger partial charge in [0.2, 0.25) is 0 Å². The highest BCUT2D eigenvalue weighted by molar-refractivity contribution is 6.42. The molecule has 4 heteroatoms. The van der Waals surface area contributed by atoms with Crippen molar-refractivity contribution in [3.05, 3.63) is 28.2 Å². The lowest BCUT2D eigenvalue weighted by molar-refractivity contribution is -0.114. The maximum atomic E-state index is 6.09. The molecule has 0 aliphatic heterocycles. The topological polar surface area (TPSA) is 21.3 Å². The highest BCUT2D eigenvalue weighted by atomic mass is 35.5. The molecule has 0 radical (unpaired) electrons. The molecule has 1 aromatic carbocycles. The molecule has 2 unspecified atom stereocenters. The first-order valence-electron chi connectivity index (χ1n) is 7.49. The molecule has 0 saturated heterocycles. The van der Waals surface area contributed by atoms with Gasteiger partial charge in [0, 0.05) is 23.8 Å². The predicted molar refractivity (Wildman–Crippen MR) is 84.8 cm³/mol. The summed E-state index contributed by atoms with van der Waals surface area (Å²) in [6, 6.07) is 6.27. The van der Waals surface area contributed by atoms with Crippen molar-refractivity contribution in [1.29, 1.82) is 0 Å². The van der Waals surface area contributed by atoms with Crippen molar-refractivity contribution < 1.29 is 4.74 Å². The van der Waals surface area contributed by atoms with Gasteiger partial charge in [0.15, 0.2) is 0 Å². The van der Waals surface area contributed by atoms with Gasteiger partial charge in [-0.05, 0) is 44.4 Å². The van der Waals surface area contributed by atoms with E-state index in [1.807, 2.05) is 18.2 Å². The van der Waals surface area contributed by atoms with Crippen LogP contribution in [0.25, 0.3) is 0 Å². The van der Waals surface area contributed by atoms with E-state index in [4.69, 9.17) is 27.9 Å². The third-order valence-electron chi connectivity index (χ3n) is 4.95. The van der Waals surface area contributed by atoms with Gasteiger partial charge in [-0.2, -0.15) is 0 Å². The summed E-state index contributed by atoms with van der Waals surface area (Å²) in [7, 11) is 0. The number of hydrogen-bond donors (Lipinski definition) is 1. The third kappa shape index (κ3) is 2.43. The van der Waals surface area contributed by atoms with Crippen LogP contribution in [-0.2, 0) is 4.74 Å². The summed E-state index contributed by atoms with van der Waals surface area (Å²) < 4.78 is 5.94. The molecule has 1 spiro atoms. The van der Waals surface area contributed by atoms with Crippen LogP contribution in [0.2, 0.25) is 10.0 Å². The Hall–Kier alpha value is -0.440. The average molecular weight is 314 g/mol. The predicted octanol–water partition coefficient (Wildman–Crippen LogP) is 5.14. The van der Waals surface area contributed by atoms with Crippen molar-refractivity contribution in [2.75, 3.05) is 11.9 Å². The molecule has 20 heavy (non-hydrogen) atoms. The second-order valence-corrected chi connectivity index (χ2v) is 6.76. The first-order chi connectivity index (χ1) is 9.65. The maximum absolute atomic E-state index is 6.09. The zero-order chi connectivity index (χ0) is 14.2. The van der Waals surface area contributed by atoms with Crippen LogP contribution in [0.3, 0.4) is 0 Å². The van der Waals surface area contributed by atoms with E-state index >= 15 is 0 Å². The van der Waals surface area contributed by atoms with Crippen molar-refractivity contribution in [2.24, 2.45) is 5.41 Å². The number of rotatable bonds is 4. The number of nitrogens with one attached hydrogen (secondary N) is 1. The van der Waals surface area contributed by atoms with Gasteiger partial charge in [-0.3, -0.25) is 0 Å². The first-order valence-corrected chi connectivity index (χ1v) is 8.24. The maximum Gasteiger partial charge on any atom is 0.0670 e. The fourth-order valence-electron chi connectivity index (χ4n) is 3.88. The Morgan fingerprint density at radius 1 is 1.25 bits per heavy atom. The van der Waals surface area contributed by atoms with E-state index < -0.39 is 0 Å². The van der Waals surface area contributed by atoms with Crippen LogP contribution in [0.1, 0.15) is 39.0 Å². The molecule has 0 aromatic heterocycles. The summed E-state index contributed by atoms with van der Waals surface area (Å²) >= 11 is 12.1. The Labute approximate surface area is 130 Å². The van der Waals surface area contributed by atoms with Crippen LogP contribution in [0, 0.1) is 5.41 Å². The van der Waals surface area contributed by atoms with E-state index in [1.54, 1.807) is 0 Å². The number of benzene rings is 1. The van der Waals surface area contributed by atoms with Crippen LogP contribution in [-0.4, -0.2) is 18.8 Å². The lowest BCUT2D eigenvalue weighted by Crippen LogP contribution is -2.60. The molecule has 2 aliphatic rings. The van der Waals surface area contributed by atoms with E-state index in [2.05, 4.69) is 12.2 Å². The SMILES string of the molecule is CCOC1CC(Nc2ccc(Cl)c(Cl)c2)C12CCCC2. The molecule has 110 valence electrons. The lowest BCUT2D eigenvalue weighted by Gasteiger charge is -2.54. The highest BCUT2D eigenvalue weighted by Crippen LogP contribution is 2.55. The van der Waals surface area contributed by atoms with Crippen molar-refractivity contribution in [2.45, 2.75) is 51.2 Å². The monoisotopic (exact) mass is 313 g/mol. The largest absolute Gasteiger partial charge is 0.382 e. The summed E-state index contributed by atoms with van der Waals surface area (Å²) in [6.07, 6.45) is 6.71. The number of ether oxygens (including phenoxy) is 1. The minimum atomic E-state index is 0.335. The van der Waals surface area contributed by atoms with Crippen LogP contribution in [0.5, 0.6) is 0 Å². The van der Waals surface area contributed by atoms with Gasteiger partial charge >= 0.3 is 0 Å². The Morgan fingerprint density at radius 3 is 2.65 bits per heavy atom. The number of halogens is 2. The lowest BCUT2D eigenvalue weighted by atomic mass is 9.60. The van der Waals surface area contributed by atoms with Crippen LogP contribution >= 0.6 is 23.2 Å². The molecule has 0 bridgehead atoms. The quantitative estimate of drug-likeness (QED) is 0.830. The smallest absolute Gasteiger partial charge is 0.0670 e. The summed E-state index contributed by atoms with van der Waals surface area (Å²) in [5.41, 5.74) is 1.40. The Morgan fingerprint density at radius 2 is 2.00 bits per heavy atom. The van der Waals surface area contributed by atoms with Crippen LogP contribution in [0.15, 0.2) is 18.2 Å². The van der Waals surface area contributed by atoms with Gasteiger partial charge in [-0.25, -0.2) is 0 Å². The Kier molecular flexibility index (Phi) is 4.16. The molecule has 0 heterocycles. The standard InChI is InChI=1S/C16H21Cl2NO/c1-2-20-15-10-14(16(15)7-3-4-8-16)19-11-5-6-12(17)13(18)9-11/h5-6,9,14-15,19H,2-4,7-8,10H2,1H3. The molecule has 2 nitrogen and oxygen atoms in total. The molecule has 1 aromatic rings. The molecule has 3 rings (SSSR count). The first kappa shape index (κ1) is 14.5. The van der Waals surface area contributed by atoms with Crippen molar-refractivity contribution in [1.82, 2.24) is 0 Å². The Balaban J connectivity index is 1.72. The van der Waals surface area contributed by atoms with Gasteiger partial charge in [0.05, 0.1) is 16.1 Å². The highest BCUT2D eigenvalue weighted by Gasteiger charge is 2.56. The molecular weight excluding hydrogens is 293 g/mol. The fourth-order valence-corrected chi connectivity index (χ4v) is 4.17. The van der Waals surface area contributed by atoms with E-state index in [0.29, 0.717) is 27.6 Å². The average Bonchev–Trinajstić information content (AvgIpc) is 2.94. The van der Waals surface area contributed by atoms with Gasteiger partial charge in [0.25, 0.3) is 0 Å². The second-order valence-electron chi connectivity index (χ2n) is 5.95. The molecule has 2 fully saturated rings.